The van der Waals surface area contributed by atoms with E-state index in [9.17, 15) is 18.0 Å². The maximum Gasteiger partial charge on any atom is 0.399 e. The van der Waals surface area contributed by atoms with Crippen LogP contribution in [0.2, 0.25) is 0 Å². The van der Waals surface area contributed by atoms with Gasteiger partial charge in [0.1, 0.15) is 0 Å². The first kappa shape index (κ1) is 9.22. The average molecular weight is 158 g/mol. The van der Waals surface area contributed by atoms with E-state index < -0.39 is 17.7 Å². The molecule has 2 N–H and O–H groups in total. The molecule has 60 valence electrons. The van der Waals surface area contributed by atoms with E-state index in [4.69, 9.17) is 10.2 Å². The quantitative estimate of drug-likeness (QED) is 0.610. The first-order valence-electron chi connectivity index (χ1n) is 2.22. The summed E-state index contributed by atoms with van der Waals surface area (Å²) in [4.78, 5) is 9.52. The van der Waals surface area contributed by atoms with Crippen LogP contribution >= 0.6 is 0 Å². The van der Waals surface area contributed by atoms with E-state index in [-0.39, 0.29) is 6.92 Å². The van der Waals surface area contributed by atoms with Crippen molar-refractivity contribution in [3.63, 3.8) is 0 Å². The molecule has 0 saturated carbocycles. The lowest BCUT2D eigenvalue weighted by atomic mass is 10.2. The van der Waals surface area contributed by atoms with Crippen LogP contribution in [0.4, 0.5) is 13.2 Å². The zero-order chi connectivity index (χ0) is 8.58. The van der Waals surface area contributed by atoms with E-state index in [0.717, 1.165) is 0 Å². The molecule has 10 heavy (non-hydrogen) atoms. The zero-order valence-corrected chi connectivity index (χ0v) is 4.94. The summed E-state index contributed by atoms with van der Waals surface area (Å²) in [5.41, 5.74) is 0. The number of carboxylic acids is 1. The summed E-state index contributed by atoms with van der Waals surface area (Å²) in [5, 5.41) is 15.5. The molecule has 0 aliphatic heterocycles. The highest BCUT2D eigenvalue weighted by atomic mass is 19.3. The summed E-state index contributed by atoms with van der Waals surface area (Å²) in [6, 6.07) is 0. The van der Waals surface area contributed by atoms with Gasteiger partial charge in [0.25, 0.3) is 5.85 Å². The second-order valence-corrected chi connectivity index (χ2v) is 1.83. The Kier molecular flexibility index (Phi) is 1.95. The van der Waals surface area contributed by atoms with Gasteiger partial charge in [-0.2, -0.15) is 8.78 Å². The molecule has 0 spiro atoms. The minimum absolute atomic E-state index is 0.0706. The number of aliphatic hydroxyl groups is 1. The lowest BCUT2D eigenvalue weighted by Gasteiger charge is -2.20. The molecule has 0 saturated heterocycles. The van der Waals surface area contributed by atoms with Crippen LogP contribution in [0.25, 0.3) is 0 Å². The second-order valence-electron chi connectivity index (χ2n) is 1.83. The molecule has 0 aliphatic carbocycles. The van der Waals surface area contributed by atoms with Gasteiger partial charge in [0.15, 0.2) is 0 Å². The van der Waals surface area contributed by atoms with Crippen LogP contribution in [0.3, 0.4) is 0 Å². The summed E-state index contributed by atoms with van der Waals surface area (Å²) in [7, 11) is 0. The molecular weight excluding hydrogens is 153 g/mol. The van der Waals surface area contributed by atoms with Crippen molar-refractivity contribution in [1.29, 1.82) is 0 Å². The third-order valence-corrected chi connectivity index (χ3v) is 0.842. The number of aliphatic carboxylic acids is 1. The molecule has 0 radical (unpaired) electrons. The number of hydrogen-bond donors (Lipinski definition) is 2. The number of hydrogen-bond acceptors (Lipinski definition) is 2. The fourth-order valence-electron chi connectivity index (χ4n) is 0.195. The Labute approximate surface area is 54.1 Å². The number of rotatable bonds is 2. The van der Waals surface area contributed by atoms with Crippen molar-refractivity contribution in [2.24, 2.45) is 0 Å². The van der Waals surface area contributed by atoms with Gasteiger partial charge in [-0.1, -0.05) is 0 Å². The Balaban J connectivity index is 4.57. The van der Waals surface area contributed by atoms with Crippen molar-refractivity contribution in [2.45, 2.75) is 18.7 Å². The summed E-state index contributed by atoms with van der Waals surface area (Å²) in [6.45, 7) is 0.0706. The molecule has 3 nitrogen and oxygen atoms in total. The Morgan fingerprint density at radius 3 is 1.70 bits per heavy atom. The van der Waals surface area contributed by atoms with Gasteiger partial charge in [0.2, 0.25) is 0 Å². The molecule has 0 heterocycles. The number of carboxylic acid groups (broad SMARTS) is 1. The molecule has 0 aromatic carbocycles. The fraction of sp³-hybridized carbons (Fsp3) is 0.750. The van der Waals surface area contributed by atoms with Crippen LogP contribution in [-0.4, -0.2) is 28.0 Å². The molecular formula is C4H5F3O3. The van der Waals surface area contributed by atoms with Crippen LogP contribution in [-0.2, 0) is 4.79 Å². The molecule has 0 amide bonds. The van der Waals surface area contributed by atoms with Gasteiger partial charge in [0.05, 0.1) is 0 Å². The first-order valence-corrected chi connectivity index (χ1v) is 2.22. The summed E-state index contributed by atoms with van der Waals surface area (Å²) in [6.07, 6.45) is 0. The fourth-order valence-corrected chi connectivity index (χ4v) is 0.195. The monoisotopic (exact) mass is 158 g/mol. The summed E-state index contributed by atoms with van der Waals surface area (Å²) in [5.74, 6) is -11.5. The Morgan fingerprint density at radius 1 is 1.40 bits per heavy atom. The lowest BCUT2D eigenvalue weighted by Crippen LogP contribution is -2.47. The maximum atomic E-state index is 11.8. The highest BCUT2D eigenvalue weighted by Gasteiger charge is 2.57. The molecule has 0 fully saturated rings. The topological polar surface area (TPSA) is 57.5 Å². The van der Waals surface area contributed by atoms with Gasteiger partial charge in [-0.25, -0.2) is 9.18 Å². The predicted molar refractivity (Wildman–Crippen MR) is 24.3 cm³/mol. The first-order chi connectivity index (χ1) is 4.19. The van der Waals surface area contributed by atoms with Gasteiger partial charge in [-0.15, -0.1) is 0 Å². The molecule has 1 unspecified atom stereocenters. The molecule has 0 aromatic rings. The standard InChI is InChI=1S/C4H5F3O3/c1-3(5,10)4(6,7)2(8)9/h10H,1H3,(H,8,9). The van der Waals surface area contributed by atoms with Crippen molar-refractivity contribution >= 4 is 5.97 Å². The average Bonchev–Trinajstić information content (AvgIpc) is 1.62. The van der Waals surface area contributed by atoms with Crippen LogP contribution in [0.5, 0.6) is 0 Å². The van der Waals surface area contributed by atoms with E-state index in [2.05, 4.69) is 0 Å². The van der Waals surface area contributed by atoms with Gasteiger partial charge in [0, 0.05) is 6.92 Å². The Morgan fingerprint density at radius 2 is 1.70 bits per heavy atom. The van der Waals surface area contributed by atoms with Crippen LogP contribution in [0, 0.1) is 0 Å². The SMILES string of the molecule is CC(O)(F)C(F)(F)C(=O)O. The summed E-state index contributed by atoms with van der Waals surface area (Å²) < 4.78 is 35.5. The van der Waals surface area contributed by atoms with Crippen LogP contribution < -0.4 is 0 Å². The maximum absolute atomic E-state index is 11.8. The highest BCUT2D eigenvalue weighted by molar-refractivity contribution is 5.76. The van der Waals surface area contributed by atoms with Crippen molar-refractivity contribution in [3.8, 4) is 0 Å². The molecule has 0 bridgehead atoms. The van der Waals surface area contributed by atoms with E-state index >= 15 is 0 Å². The molecule has 0 aromatic heterocycles. The minimum atomic E-state index is -4.76. The number of alkyl halides is 3. The lowest BCUT2D eigenvalue weighted by molar-refractivity contribution is -0.245. The molecule has 1 atom stereocenters. The molecule has 6 heteroatoms. The van der Waals surface area contributed by atoms with Gasteiger partial charge in [-0.05, 0) is 0 Å². The Hall–Kier alpha value is -0.780. The van der Waals surface area contributed by atoms with Crippen LogP contribution in [0.15, 0.2) is 0 Å². The van der Waals surface area contributed by atoms with Crippen molar-refractivity contribution in [1.82, 2.24) is 0 Å². The third-order valence-electron chi connectivity index (χ3n) is 0.842. The van der Waals surface area contributed by atoms with Crippen molar-refractivity contribution in [2.75, 3.05) is 0 Å². The Bertz CT molecular complexity index is 148. The number of halogens is 3. The predicted octanol–water partition coefficient (Wildman–Crippen LogP) is 0.384. The third kappa shape index (κ3) is 1.38. The zero-order valence-electron chi connectivity index (χ0n) is 4.94. The van der Waals surface area contributed by atoms with E-state index in [0.29, 0.717) is 0 Å². The smallest absolute Gasteiger partial charge is 0.399 e. The normalized spacial score (nSPS) is 18.1. The second kappa shape index (κ2) is 2.12. The van der Waals surface area contributed by atoms with Gasteiger partial charge < -0.3 is 10.2 Å². The van der Waals surface area contributed by atoms with E-state index in [1.807, 2.05) is 0 Å². The minimum Gasteiger partial charge on any atom is -0.477 e. The van der Waals surface area contributed by atoms with E-state index in [1.54, 1.807) is 0 Å². The largest absolute Gasteiger partial charge is 0.477 e. The highest BCUT2D eigenvalue weighted by Crippen LogP contribution is 2.29. The molecule has 0 rings (SSSR count). The number of carbonyl (C=O) groups is 1. The van der Waals surface area contributed by atoms with Gasteiger partial charge >= 0.3 is 11.9 Å². The van der Waals surface area contributed by atoms with Crippen molar-refractivity contribution in [3.05, 3.63) is 0 Å². The van der Waals surface area contributed by atoms with Crippen LogP contribution in [0.1, 0.15) is 6.92 Å². The molecule has 0 aliphatic rings. The summed E-state index contributed by atoms with van der Waals surface area (Å²) >= 11 is 0. The van der Waals surface area contributed by atoms with E-state index in [1.165, 1.54) is 0 Å². The van der Waals surface area contributed by atoms with Gasteiger partial charge in [-0.3, -0.25) is 0 Å². The van der Waals surface area contributed by atoms with Crippen molar-refractivity contribution < 1.29 is 28.2 Å².